The summed E-state index contributed by atoms with van der Waals surface area (Å²) in [5.74, 6) is -1.48. The van der Waals surface area contributed by atoms with Crippen molar-refractivity contribution in [2.75, 3.05) is 0 Å². The van der Waals surface area contributed by atoms with Gasteiger partial charge in [0.1, 0.15) is 5.82 Å². The zero-order valence-corrected chi connectivity index (χ0v) is 21.4. The first-order chi connectivity index (χ1) is 19.0. The lowest BCUT2D eigenvalue weighted by Gasteiger charge is -2.21. The van der Waals surface area contributed by atoms with Crippen LogP contribution in [0.4, 0.5) is 22.0 Å². The number of alkyl halides is 3. The number of benzene rings is 2. The van der Waals surface area contributed by atoms with E-state index in [-0.39, 0.29) is 35.0 Å². The van der Waals surface area contributed by atoms with E-state index in [2.05, 4.69) is 10.3 Å². The highest BCUT2D eigenvalue weighted by molar-refractivity contribution is 5.96. The van der Waals surface area contributed by atoms with Gasteiger partial charge in [-0.1, -0.05) is 18.2 Å². The Morgan fingerprint density at radius 1 is 1.07 bits per heavy atom. The molecule has 1 amide bonds. The van der Waals surface area contributed by atoms with Crippen LogP contribution in [0.2, 0.25) is 0 Å². The van der Waals surface area contributed by atoms with Gasteiger partial charge in [0.2, 0.25) is 0 Å². The largest absolute Gasteiger partial charge is 0.433 e. The molecule has 0 aliphatic heterocycles. The molecular formula is C30H25F5N4O. The first-order valence-corrected chi connectivity index (χ1v) is 12.6. The molecule has 1 unspecified atom stereocenters. The number of nitrogens with one attached hydrogen (secondary N) is 2. The van der Waals surface area contributed by atoms with Crippen molar-refractivity contribution >= 4 is 5.91 Å². The summed E-state index contributed by atoms with van der Waals surface area (Å²) in [4.78, 5) is 17.1. The number of aryl methyl sites for hydroxylation is 1. The Morgan fingerprint density at radius 3 is 2.55 bits per heavy atom. The van der Waals surface area contributed by atoms with Gasteiger partial charge in [0.05, 0.1) is 6.04 Å². The topological polar surface area (TPSA) is 70.8 Å². The molecule has 0 bridgehead atoms. The van der Waals surface area contributed by atoms with Gasteiger partial charge in [0, 0.05) is 30.1 Å². The molecule has 5 nitrogen and oxygen atoms in total. The summed E-state index contributed by atoms with van der Waals surface area (Å²) in [7, 11) is 0. The average molecular weight is 553 g/mol. The standard InChI is InChI=1S/C30H25F5N4O/c1-17-12-20(8-9-24(17)31)26(19-6-7-19)38-29(40)22-14-18(16-39-11-3-5-25(32)28(39)36)13-21(15-22)23-4-2-10-37-27(23)30(33,34)35/h2-5,8-15,19,26,36H,6-7,16H2,1H3,(H,38,40). The van der Waals surface area contributed by atoms with Crippen LogP contribution in [0, 0.1) is 29.9 Å². The predicted octanol–water partition coefficient (Wildman–Crippen LogP) is 6.56. The Labute approximate surface area is 226 Å². The van der Waals surface area contributed by atoms with Gasteiger partial charge in [0.15, 0.2) is 17.0 Å². The molecule has 1 fully saturated rings. The SMILES string of the molecule is Cc1cc(C(NC(=O)c2cc(Cn3cccc(F)c3=N)cc(-c3cccnc3C(F)(F)F)c2)C2CC2)ccc1F. The number of nitrogens with zero attached hydrogens (tertiary/aromatic N) is 2. The summed E-state index contributed by atoms with van der Waals surface area (Å²) >= 11 is 0. The third-order valence-corrected chi connectivity index (χ3v) is 6.94. The Bertz CT molecular complexity index is 1640. The quantitative estimate of drug-likeness (QED) is 0.255. The van der Waals surface area contributed by atoms with Crippen LogP contribution in [0.25, 0.3) is 11.1 Å². The zero-order chi connectivity index (χ0) is 28.6. The Balaban J connectivity index is 1.57. The third kappa shape index (κ3) is 5.80. The number of carbonyl (C=O) groups excluding carboxylic acids is 1. The summed E-state index contributed by atoms with van der Waals surface area (Å²) < 4.78 is 70.7. The average Bonchev–Trinajstić information content (AvgIpc) is 3.76. The van der Waals surface area contributed by atoms with Gasteiger partial charge in [-0.3, -0.25) is 15.2 Å². The van der Waals surface area contributed by atoms with Crippen molar-refractivity contribution < 1.29 is 26.7 Å². The number of rotatable bonds is 7. The van der Waals surface area contributed by atoms with E-state index in [9.17, 15) is 26.7 Å². The van der Waals surface area contributed by atoms with Gasteiger partial charge in [-0.05, 0) is 90.4 Å². The minimum atomic E-state index is -4.74. The summed E-state index contributed by atoms with van der Waals surface area (Å²) in [6.45, 7) is 1.58. The van der Waals surface area contributed by atoms with Crippen molar-refractivity contribution in [3.8, 4) is 11.1 Å². The summed E-state index contributed by atoms with van der Waals surface area (Å²) in [6.07, 6.45) is -0.468. The summed E-state index contributed by atoms with van der Waals surface area (Å²) in [5, 5.41) is 11.0. The molecule has 2 heterocycles. The van der Waals surface area contributed by atoms with Crippen molar-refractivity contribution in [3.63, 3.8) is 0 Å². The fraction of sp³-hybridized carbons (Fsp3) is 0.233. The van der Waals surface area contributed by atoms with E-state index in [0.29, 0.717) is 11.1 Å². The van der Waals surface area contributed by atoms with Crippen LogP contribution < -0.4 is 10.8 Å². The first kappa shape index (κ1) is 27.2. The minimum absolute atomic E-state index is 0.0600. The van der Waals surface area contributed by atoms with E-state index in [4.69, 9.17) is 5.41 Å². The highest BCUT2D eigenvalue weighted by Crippen LogP contribution is 2.42. The van der Waals surface area contributed by atoms with Crippen LogP contribution in [-0.2, 0) is 12.7 Å². The van der Waals surface area contributed by atoms with Crippen LogP contribution in [0.1, 0.15) is 51.6 Å². The number of amides is 1. The number of halogens is 5. The molecule has 1 aliphatic carbocycles. The fourth-order valence-corrected chi connectivity index (χ4v) is 4.77. The number of aromatic nitrogens is 2. The van der Waals surface area contributed by atoms with Crippen LogP contribution >= 0.6 is 0 Å². The second kappa shape index (κ2) is 10.7. The maximum absolute atomic E-state index is 14.0. The third-order valence-electron chi connectivity index (χ3n) is 6.94. The Hall–Kier alpha value is -4.34. The van der Waals surface area contributed by atoms with Crippen LogP contribution in [0.3, 0.4) is 0 Å². The number of carbonyl (C=O) groups is 1. The lowest BCUT2D eigenvalue weighted by atomic mass is 9.96. The summed E-state index contributed by atoms with van der Waals surface area (Å²) in [6, 6.07) is 13.8. The lowest BCUT2D eigenvalue weighted by molar-refractivity contribution is -0.140. The second-order valence-electron chi connectivity index (χ2n) is 9.95. The minimum Gasteiger partial charge on any atom is -0.345 e. The van der Waals surface area contributed by atoms with Crippen molar-refractivity contribution in [1.82, 2.24) is 14.9 Å². The van der Waals surface area contributed by atoms with E-state index < -0.39 is 35.1 Å². The van der Waals surface area contributed by atoms with E-state index in [1.165, 1.54) is 53.2 Å². The molecule has 0 spiro atoms. The van der Waals surface area contributed by atoms with Crippen LogP contribution in [0.5, 0.6) is 0 Å². The maximum atomic E-state index is 14.0. The molecule has 2 N–H and O–H groups in total. The molecule has 4 aromatic rings. The fourth-order valence-electron chi connectivity index (χ4n) is 4.77. The zero-order valence-electron chi connectivity index (χ0n) is 21.4. The maximum Gasteiger partial charge on any atom is 0.433 e. The van der Waals surface area contributed by atoms with Gasteiger partial charge in [-0.2, -0.15) is 13.2 Å². The van der Waals surface area contributed by atoms with E-state index in [1.807, 2.05) is 0 Å². The van der Waals surface area contributed by atoms with Crippen molar-refractivity contribution in [1.29, 1.82) is 5.41 Å². The molecule has 0 radical (unpaired) electrons. The normalized spacial score (nSPS) is 14.2. The van der Waals surface area contributed by atoms with Gasteiger partial charge in [0.25, 0.3) is 5.91 Å². The van der Waals surface area contributed by atoms with Gasteiger partial charge in [-0.25, -0.2) is 8.78 Å². The van der Waals surface area contributed by atoms with Crippen LogP contribution in [-0.4, -0.2) is 15.5 Å². The molecule has 1 atom stereocenters. The molecule has 206 valence electrons. The van der Waals surface area contributed by atoms with Crippen molar-refractivity contribution in [2.45, 2.75) is 38.5 Å². The highest BCUT2D eigenvalue weighted by Gasteiger charge is 2.36. The van der Waals surface area contributed by atoms with Gasteiger partial charge in [-0.15, -0.1) is 0 Å². The van der Waals surface area contributed by atoms with Crippen molar-refractivity contribution in [3.05, 3.63) is 118 Å². The van der Waals surface area contributed by atoms with Gasteiger partial charge < -0.3 is 9.88 Å². The van der Waals surface area contributed by atoms with Gasteiger partial charge >= 0.3 is 6.18 Å². The molecule has 2 aromatic heterocycles. The second-order valence-corrected chi connectivity index (χ2v) is 9.95. The Kier molecular flexibility index (Phi) is 7.27. The molecule has 5 rings (SSSR count). The monoisotopic (exact) mass is 552 g/mol. The highest BCUT2D eigenvalue weighted by atomic mass is 19.4. The van der Waals surface area contributed by atoms with E-state index >= 15 is 0 Å². The predicted molar refractivity (Wildman–Crippen MR) is 138 cm³/mol. The number of pyridine rings is 2. The molecule has 2 aromatic carbocycles. The molecule has 1 saturated carbocycles. The van der Waals surface area contributed by atoms with E-state index in [1.54, 1.807) is 19.1 Å². The van der Waals surface area contributed by atoms with Crippen molar-refractivity contribution in [2.24, 2.45) is 5.92 Å². The van der Waals surface area contributed by atoms with Crippen LogP contribution in [0.15, 0.2) is 73.1 Å². The molecule has 0 saturated heterocycles. The molecule has 40 heavy (non-hydrogen) atoms. The number of hydrogen-bond acceptors (Lipinski definition) is 3. The number of hydrogen-bond donors (Lipinski definition) is 2. The first-order valence-electron chi connectivity index (χ1n) is 12.6. The Morgan fingerprint density at radius 2 is 1.85 bits per heavy atom. The summed E-state index contributed by atoms with van der Waals surface area (Å²) in [5.41, 5.74) is 0.0545. The van der Waals surface area contributed by atoms with E-state index in [0.717, 1.165) is 30.7 Å². The molecular weight excluding hydrogens is 527 g/mol. The molecule has 1 aliphatic rings. The lowest BCUT2D eigenvalue weighted by Crippen LogP contribution is -2.30. The smallest absolute Gasteiger partial charge is 0.345 e. The molecule has 10 heteroatoms.